The average molecular weight is 464 g/mol. The molecule has 3 heterocycles. The molecule has 1 amide bonds. The first kappa shape index (κ1) is 21.8. The number of hydrogen-bond acceptors (Lipinski definition) is 6. The van der Waals surface area contributed by atoms with E-state index in [0.717, 1.165) is 17.1 Å². The Hall–Kier alpha value is -2.43. The zero-order chi connectivity index (χ0) is 22.2. The molecule has 1 atom stereocenters. The van der Waals surface area contributed by atoms with Crippen LogP contribution in [0.2, 0.25) is 0 Å². The van der Waals surface area contributed by atoms with Crippen molar-refractivity contribution in [1.82, 2.24) is 14.2 Å². The van der Waals surface area contributed by atoms with Crippen molar-refractivity contribution < 1.29 is 17.6 Å². The van der Waals surface area contributed by atoms with E-state index in [2.05, 4.69) is 5.32 Å². The first-order valence-corrected chi connectivity index (χ1v) is 12.4. The molecule has 1 saturated heterocycles. The van der Waals surface area contributed by atoms with Crippen molar-refractivity contribution in [3.8, 4) is 0 Å². The second-order valence-electron chi connectivity index (χ2n) is 7.93. The lowest BCUT2D eigenvalue weighted by Gasteiger charge is -2.31. The van der Waals surface area contributed by atoms with Crippen LogP contribution in [0, 0.1) is 5.92 Å². The SMILES string of the molecule is C[C@H](Cc1ccco1)NC(=O)C1CCN(S(=O)(=O)c2ccc3c(c2)sc(=O)n3C)CC1. The highest BCUT2D eigenvalue weighted by atomic mass is 32.2. The summed E-state index contributed by atoms with van der Waals surface area (Å²) < 4.78 is 35.1. The topological polar surface area (TPSA) is 102 Å². The maximum absolute atomic E-state index is 13.1. The Balaban J connectivity index is 1.38. The molecule has 0 saturated carbocycles. The summed E-state index contributed by atoms with van der Waals surface area (Å²) >= 11 is 1.03. The molecule has 1 aliphatic heterocycles. The molecule has 0 spiro atoms. The van der Waals surface area contributed by atoms with Crippen LogP contribution in [0.1, 0.15) is 25.5 Å². The summed E-state index contributed by atoms with van der Waals surface area (Å²) in [5.41, 5.74) is 0.716. The van der Waals surface area contributed by atoms with E-state index < -0.39 is 10.0 Å². The zero-order valence-electron chi connectivity index (χ0n) is 17.4. The van der Waals surface area contributed by atoms with Gasteiger partial charge in [0, 0.05) is 38.5 Å². The molecular formula is C21H25N3O5S2. The van der Waals surface area contributed by atoms with Crippen molar-refractivity contribution in [2.75, 3.05) is 13.1 Å². The molecule has 1 aromatic carbocycles. The Morgan fingerprint density at radius 2 is 2.03 bits per heavy atom. The Morgan fingerprint density at radius 1 is 1.29 bits per heavy atom. The lowest BCUT2D eigenvalue weighted by atomic mass is 9.96. The van der Waals surface area contributed by atoms with Crippen LogP contribution in [-0.4, -0.2) is 42.3 Å². The van der Waals surface area contributed by atoms with E-state index in [0.29, 0.717) is 29.5 Å². The number of sulfonamides is 1. The second-order valence-corrected chi connectivity index (χ2v) is 10.9. The standard InChI is InChI=1S/C21H25N3O5S2/c1-14(12-16-4-3-11-29-16)22-20(25)15-7-9-24(10-8-15)31(27,28)17-5-6-18-19(13-17)30-21(26)23(18)2/h3-6,11,13-15H,7-10,12H2,1-2H3,(H,22,25)/t14-/m1/s1. The van der Waals surface area contributed by atoms with E-state index in [-0.39, 0.29) is 40.7 Å². The van der Waals surface area contributed by atoms with Crippen molar-refractivity contribution in [2.45, 2.75) is 37.1 Å². The normalized spacial score (nSPS) is 17.1. The van der Waals surface area contributed by atoms with Crippen LogP contribution in [0.3, 0.4) is 0 Å². The average Bonchev–Trinajstić information content (AvgIpc) is 3.35. The summed E-state index contributed by atoms with van der Waals surface area (Å²) in [5.74, 6) is 0.549. The lowest BCUT2D eigenvalue weighted by Crippen LogP contribution is -2.45. The van der Waals surface area contributed by atoms with Gasteiger partial charge in [-0.25, -0.2) is 8.42 Å². The van der Waals surface area contributed by atoms with Gasteiger partial charge < -0.3 is 14.3 Å². The van der Waals surface area contributed by atoms with Gasteiger partial charge in [0.15, 0.2) is 0 Å². The molecule has 0 bridgehead atoms. The van der Waals surface area contributed by atoms with Crippen LogP contribution in [0.25, 0.3) is 10.2 Å². The third-order valence-corrected chi connectivity index (χ3v) is 8.59. The van der Waals surface area contributed by atoms with Crippen molar-refractivity contribution in [2.24, 2.45) is 13.0 Å². The zero-order valence-corrected chi connectivity index (χ0v) is 19.0. The van der Waals surface area contributed by atoms with Crippen LogP contribution < -0.4 is 10.2 Å². The molecule has 1 N–H and O–H groups in total. The second kappa shape index (κ2) is 8.60. The fourth-order valence-corrected chi connectivity index (χ4v) is 6.41. The van der Waals surface area contributed by atoms with Crippen molar-refractivity contribution in [3.63, 3.8) is 0 Å². The number of rotatable bonds is 6. The first-order valence-electron chi connectivity index (χ1n) is 10.2. The molecule has 0 aliphatic carbocycles. The van der Waals surface area contributed by atoms with Gasteiger partial charge in [-0.1, -0.05) is 11.3 Å². The van der Waals surface area contributed by atoms with Crippen LogP contribution in [0.4, 0.5) is 0 Å². The molecule has 166 valence electrons. The summed E-state index contributed by atoms with van der Waals surface area (Å²) in [4.78, 5) is 24.5. The Kier molecular flexibility index (Phi) is 6.05. The van der Waals surface area contributed by atoms with Crippen molar-refractivity contribution in [1.29, 1.82) is 0 Å². The van der Waals surface area contributed by atoms with E-state index in [1.54, 1.807) is 31.5 Å². The maximum atomic E-state index is 13.1. The third kappa shape index (κ3) is 4.46. The monoisotopic (exact) mass is 463 g/mol. The molecular weight excluding hydrogens is 438 g/mol. The molecule has 8 nitrogen and oxygen atoms in total. The van der Waals surface area contributed by atoms with Gasteiger partial charge in [-0.05, 0) is 50.1 Å². The number of carbonyl (C=O) groups excluding carboxylic acids is 1. The Morgan fingerprint density at radius 3 is 2.71 bits per heavy atom. The molecule has 3 aromatic rings. The summed E-state index contributed by atoms with van der Waals surface area (Å²) in [7, 11) is -2.01. The van der Waals surface area contributed by atoms with Gasteiger partial charge in [0.25, 0.3) is 0 Å². The summed E-state index contributed by atoms with van der Waals surface area (Å²) in [5, 5.41) is 3.00. The van der Waals surface area contributed by atoms with Gasteiger partial charge in [0.2, 0.25) is 15.9 Å². The number of amides is 1. The molecule has 4 rings (SSSR count). The van der Waals surface area contributed by atoms with Crippen LogP contribution in [0.15, 0.2) is 50.7 Å². The van der Waals surface area contributed by atoms with E-state index in [1.165, 1.54) is 8.87 Å². The summed E-state index contributed by atoms with van der Waals surface area (Å²) in [6.45, 7) is 2.50. The molecule has 2 aromatic heterocycles. The minimum atomic E-state index is -3.68. The Bertz CT molecular complexity index is 1240. The highest BCUT2D eigenvalue weighted by molar-refractivity contribution is 7.89. The number of thiazole rings is 1. The van der Waals surface area contributed by atoms with Gasteiger partial charge in [0.05, 0.1) is 21.4 Å². The predicted octanol–water partition coefficient (Wildman–Crippen LogP) is 2.34. The lowest BCUT2D eigenvalue weighted by molar-refractivity contribution is -0.126. The maximum Gasteiger partial charge on any atom is 0.307 e. The number of fused-ring (bicyclic) bond motifs is 1. The summed E-state index contributed by atoms with van der Waals surface area (Å²) in [6, 6.07) is 8.39. The number of furan rings is 1. The number of aryl methyl sites for hydroxylation is 1. The van der Waals surface area contributed by atoms with Gasteiger partial charge in [0.1, 0.15) is 5.76 Å². The minimum absolute atomic E-state index is 0.0495. The fraction of sp³-hybridized carbons (Fsp3) is 0.429. The number of aromatic nitrogens is 1. The van der Waals surface area contributed by atoms with E-state index >= 15 is 0 Å². The van der Waals surface area contributed by atoms with Crippen LogP contribution in [-0.2, 0) is 28.3 Å². The first-order chi connectivity index (χ1) is 14.8. The van der Waals surface area contributed by atoms with Crippen molar-refractivity contribution >= 4 is 37.5 Å². The smallest absolute Gasteiger partial charge is 0.307 e. The number of nitrogens with zero attached hydrogens (tertiary/aromatic N) is 2. The fourth-order valence-electron chi connectivity index (χ4n) is 3.92. The number of carbonyl (C=O) groups is 1. The minimum Gasteiger partial charge on any atom is -0.469 e. The Labute approximate surface area is 184 Å². The predicted molar refractivity (Wildman–Crippen MR) is 119 cm³/mol. The molecule has 10 heteroatoms. The van der Waals surface area contributed by atoms with Gasteiger partial charge in [-0.3, -0.25) is 9.59 Å². The van der Waals surface area contributed by atoms with Gasteiger partial charge >= 0.3 is 4.87 Å². The van der Waals surface area contributed by atoms with Crippen molar-refractivity contribution in [3.05, 3.63) is 52.0 Å². The number of hydrogen-bond donors (Lipinski definition) is 1. The molecule has 31 heavy (non-hydrogen) atoms. The number of piperidine rings is 1. The van der Waals surface area contributed by atoms with E-state index in [9.17, 15) is 18.0 Å². The van der Waals surface area contributed by atoms with E-state index in [4.69, 9.17) is 4.42 Å². The largest absolute Gasteiger partial charge is 0.469 e. The summed E-state index contributed by atoms with van der Waals surface area (Å²) in [6.07, 6.45) is 3.16. The molecule has 0 radical (unpaired) electrons. The molecule has 1 fully saturated rings. The molecule has 1 aliphatic rings. The molecule has 0 unspecified atom stereocenters. The van der Waals surface area contributed by atoms with Gasteiger partial charge in [-0.2, -0.15) is 4.31 Å². The highest BCUT2D eigenvalue weighted by Gasteiger charge is 2.32. The van der Waals surface area contributed by atoms with Gasteiger partial charge in [-0.15, -0.1) is 0 Å². The number of benzene rings is 1. The quantitative estimate of drug-likeness (QED) is 0.605. The highest BCUT2D eigenvalue weighted by Crippen LogP contribution is 2.27. The third-order valence-electron chi connectivity index (χ3n) is 5.70. The van der Waals surface area contributed by atoms with Crippen LogP contribution >= 0.6 is 11.3 Å². The van der Waals surface area contributed by atoms with Crippen LogP contribution in [0.5, 0.6) is 0 Å². The van der Waals surface area contributed by atoms with E-state index in [1.807, 2.05) is 19.1 Å². The number of nitrogens with one attached hydrogen (secondary N) is 1.